The topological polar surface area (TPSA) is 341 Å². The molecule has 25 heteroatoms. The van der Waals surface area contributed by atoms with Gasteiger partial charge in [-0.25, -0.2) is 20.2 Å². The van der Waals surface area contributed by atoms with Crippen LogP contribution in [-0.4, -0.2) is 174 Å². The van der Waals surface area contributed by atoms with Crippen molar-refractivity contribution in [1.82, 2.24) is 57.4 Å². The second-order valence-electron chi connectivity index (χ2n) is 18.2. The molecule has 9 amide bonds. The van der Waals surface area contributed by atoms with Crippen molar-refractivity contribution in [2.75, 3.05) is 40.8 Å². The first kappa shape index (κ1) is 57.1. The van der Waals surface area contributed by atoms with Crippen molar-refractivity contribution in [3.8, 4) is 0 Å². The van der Waals surface area contributed by atoms with E-state index in [9.17, 15) is 57.8 Å². The van der Waals surface area contributed by atoms with Crippen LogP contribution < -0.4 is 42.4 Å². The summed E-state index contributed by atoms with van der Waals surface area (Å²) in [5.41, 5.74) is 2.26. The predicted molar refractivity (Wildman–Crippen MR) is 244 cm³/mol. The van der Waals surface area contributed by atoms with Gasteiger partial charge in [-0.1, -0.05) is 20.8 Å². The van der Waals surface area contributed by atoms with Crippen LogP contribution in [0.1, 0.15) is 111 Å². The molecule has 0 radical (unpaired) electrons. The quantitative estimate of drug-likeness (QED) is 0.0450. The highest BCUT2D eigenvalue weighted by molar-refractivity contribution is 5.96. The summed E-state index contributed by atoms with van der Waals surface area (Å²) in [7, 11) is 4.83. The monoisotopic (exact) mass is 976 g/mol. The number of hydrazine groups is 2. The van der Waals surface area contributed by atoms with Crippen LogP contribution in [0.5, 0.6) is 0 Å². The number of nitrogens with zero attached hydrogens (tertiary/aromatic N) is 5. The summed E-state index contributed by atoms with van der Waals surface area (Å²) in [5, 5.41) is 44.8. The van der Waals surface area contributed by atoms with Gasteiger partial charge in [0.2, 0.25) is 29.5 Å². The van der Waals surface area contributed by atoms with E-state index in [0.717, 1.165) is 42.8 Å². The Morgan fingerprint density at radius 2 is 1.19 bits per heavy atom. The smallest absolute Gasteiger partial charge is 0.335 e. The molecule has 4 aliphatic heterocycles. The molecule has 5 fully saturated rings. The molecule has 0 bridgehead atoms. The molecule has 5 rings (SSSR count). The third-order valence-corrected chi connectivity index (χ3v) is 12.1. The van der Waals surface area contributed by atoms with Crippen LogP contribution in [0.2, 0.25) is 0 Å². The van der Waals surface area contributed by atoms with Gasteiger partial charge in [0.15, 0.2) is 0 Å². The van der Waals surface area contributed by atoms with E-state index in [1.165, 1.54) is 15.0 Å². The SMILES string of the molecule is CC(C)C.CNC(=O)C1CCC(CNC(=O)N/N=C/[C@H](CC(=O)[O-])NC(=O)[C@@H]2CCCN3C(=O)CC[C@H](NC)C(=O)N23)CC1.CN[C@H]1CCC(=O)N2CCC[C@@H](C(=O)N[C@H](C=O)CC(=O)O)N2C1=O. The lowest BCUT2D eigenvalue weighted by molar-refractivity contribution is -0.305. The molecule has 6 atom stereocenters. The number of fused-ring (bicyclic) bond motifs is 2. The Balaban J connectivity index is 0.000000370. The molecule has 4 heterocycles. The second kappa shape index (κ2) is 28.3. The third-order valence-electron chi connectivity index (χ3n) is 12.1. The number of rotatable bonds is 16. The molecule has 1 saturated carbocycles. The molecule has 0 aromatic carbocycles. The lowest BCUT2D eigenvalue weighted by Crippen LogP contribution is -2.64. The minimum absolute atomic E-state index is 0.00469. The number of aliphatic carboxylic acids is 2. The summed E-state index contributed by atoms with van der Waals surface area (Å²) in [4.78, 5) is 133. The molecule has 8 N–H and O–H groups in total. The normalized spacial score (nSPS) is 24.6. The van der Waals surface area contributed by atoms with Gasteiger partial charge in [0.05, 0.1) is 30.6 Å². The second-order valence-corrected chi connectivity index (χ2v) is 18.2. The zero-order chi connectivity index (χ0) is 51.4. The van der Waals surface area contributed by atoms with Crippen molar-refractivity contribution in [2.24, 2.45) is 22.9 Å². The number of nitrogens with one attached hydrogen (secondary N) is 7. The van der Waals surface area contributed by atoms with Gasteiger partial charge in [0.25, 0.3) is 11.8 Å². The number of carboxylic acid groups (broad SMARTS) is 2. The lowest BCUT2D eigenvalue weighted by Gasteiger charge is -2.43. The number of hydrogen-bond acceptors (Lipinski definition) is 15. The van der Waals surface area contributed by atoms with Crippen molar-refractivity contribution in [3.63, 3.8) is 0 Å². The molecule has 1 aliphatic carbocycles. The molecular weight excluding hydrogens is 905 g/mol. The van der Waals surface area contributed by atoms with Gasteiger partial charge in [0, 0.05) is 64.0 Å². The van der Waals surface area contributed by atoms with Crippen LogP contribution in [0.3, 0.4) is 0 Å². The largest absolute Gasteiger partial charge is 0.550 e. The first-order valence-corrected chi connectivity index (χ1v) is 23.6. The number of aldehydes is 1. The summed E-state index contributed by atoms with van der Waals surface area (Å²) in [6.45, 7) is 7.55. The first-order valence-electron chi connectivity index (χ1n) is 23.6. The number of likely N-dealkylation sites (N-methyl/N-ethyl adjacent to an activating group) is 2. The first-order chi connectivity index (χ1) is 32.8. The Morgan fingerprint density at radius 3 is 1.61 bits per heavy atom. The fraction of sp³-hybridized carbons (Fsp3) is 0.727. The van der Waals surface area contributed by atoms with Crippen molar-refractivity contribution in [3.05, 3.63) is 0 Å². The van der Waals surface area contributed by atoms with E-state index in [0.29, 0.717) is 64.4 Å². The zero-order valence-corrected chi connectivity index (χ0v) is 40.5. The molecule has 0 spiro atoms. The van der Waals surface area contributed by atoms with E-state index in [2.05, 4.69) is 63.2 Å². The Hall–Kier alpha value is -6.24. The van der Waals surface area contributed by atoms with Gasteiger partial charge in [-0.3, -0.25) is 48.4 Å². The highest BCUT2D eigenvalue weighted by Gasteiger charge is 2.45. The van der Waals surface area contributed by atoms with Crippen LogP contribution in [0, 0.1) is 17.8 Å². The highest BCUT2D eigenvalue weighted by atomic mass is 16.4. The number of hydrazone groups is 1. The van der Waals surface area contributed by atoms with E-state index in [1.54, 1.807) is 21.1 Å². The van der Waals surface area contributed by atoms with Gasteiger partial charge in [-0.15, -0.1) is 0 Å². The number of urea groups is 1. The molecule has 4 saturated heterocycles. The van der Waals surface area contributed by atoms with E-state index >= 15 is 0 Å². The summed E-state index contributed by atoms with van der Waals surface area (Å²) in [6, 6.07) is -6.08. The molecule has 25 nitrogen and oxygen atoms in total. The Labute approximate surface area is 401 Å². The van der Waals surface area contributed by atoms with Gasteiger partial charge >= 0.3 is 12.0 Å². The predicted octanol–water partition coefficient (Wildman–Crippen LogP) is -2.51. The van der Waals surface area contributed by atoms with Crippen molar-refractivity contribution in [2.45, 2.75) is 147 Å². The van der Waals surface area contributed by atoms with Crippen LogP contribution in [0.25, 0.3) is 0 Å². The fourth-order valence-electron chi connectivity index (χ4n) is 8.58. The molecule has 0 unspecified atom stereocenters. The maximum atomic E-state index is 13.2. The average molecular weight is 976 g/mol. The zero-order valence-electron chi connectivity index (χ0n) is 40.5. The van der Waals surface area contributed by atoms with Crippen LogP contribution >= 0.6 is 0 Å². The third kappa shape index (κ3) is 17.3. The number of amides is 9. The Bertz CT molecular complexity index is 1870. The Morgan fingerprint density at radius 1 is 0.710 bits per heavy atom. The standard InChI is InChI=1S/C25H40N8O7.C15H22N4O6.C4H10/c1-26-18-9-10-20(34)32-11-3-4-19(33(32)24(18)39)23(38)30-17(12-21(35)36)14-29-31-25(40)28-13-15-5-7-16(8-6-15)22(37)27-2;1-16-10-4-5-12(21)18-6-2-3-11(19(18)15(10)25)14(24)17-9(8-20)7-13(22)23;1-4(2)3/h14-19,26H,3-13H2,1-2H3,(H,27,37)(H,30,38)(H,35,36)(H2,28,31,40);8-11,16H,2-7H2,1H3,(H,17,24)(H,22,23);4H,1-3H3/p-1/b29-14+;;/t15?,16?,17-,18-,19-;9-,10-,11-;/m00./s1. The molecule has 386 valence electrons. The van der Waals surface area contributed by atoms with Gasteiger partial charge < -0.3 is 51.7 Å². The molecule has 69 heavy (non-hydrogen) atoms. The minimum atomic E-state index is -1.45. The van der Waals surface area contributed by atoms with Crippen molar-refractivity contribution in [1.29, 1.82) is 0 Å². The summed E-state index contributed by atoms with van der Waals surface area (Å²) < 4.78 is 0. The average Bonchev–Trinajstić information content (AvgIpc) is 3.52. The van der Waals surface area contributed by atoms with E-state index in [4.69, 9.17) is 5.11 Å². The maximum Gasteiger partial charge on any atom is 0.335 e. The number of carbonyl (C=O) groups excluding carboxylic acids is 10. The summed E-state index contributed by atoms with van der Waals surface area (Å²) in [6.07, 6.45) is 6.02. The minimum Gasteiger partial charge on any atom is -0.550 e. The number of hydrogen-bond donors (Lipinski definition) is 8. The van der Waals surface area contributed by atoms with Crippen molar-refractivity contribution >= 4 is 71.8 Å². The molecule has 0 aromatic rings. The maximum absolute atomic E-state index is 13.2. The lowest BCUT2D eigenvalue weighted by atomic mass is 9.81. The summed E-state index contributed by atoms with van der Waals surface area (Å²) in [5.74, 6) is -4.14. The Kier molecular flexibility index (Phi) is 23.4. The van der Waals surface area contributed by atoms with Crippen LogP contribution in [0.4, 0.5) is 4.79 Å². The molecule has 0 aromatic heterocycles. The van der Waals surface area contributed by atoms with Crippen LogP contribution in [-0.2, 0) is 47.9 Å². The molecular formula is C44H71N12O13-. The van der Waals surface area contributed by atoms with Crippen molar-refractivity contribution < 1.29 is 63.0 Å². The summed E-state index contributed by atoms with van der Waals surface area (Å²) >= 11 is 0. The van der Waals surface area contributed by atoms with Gasteiger partial charge in [-0.05, 0) is 90.1 Å². The number of carbonyl (C=O) groups is 11. The van der Waals surface area contributed by atoms with E-state index < -0.39 is 84.8 Å². The van der Waals surface area contributed by atoms with Gasteiger partial charge in [-0.2, -0.15) is 5.10 Å². The molecule has 5 aliphatic rings. The van der Waals surface area contributed by atoms with Crippen LogP contribution in [0.15, 0.2) is 5.10 Å². The van der Waals surface area contributed by atoms with Gasteiger partial charge in [0.1, 0.15) is 18.4 Å². The highest BCUT2D eigenvalue weighted by Crippen LogP contribution is 2.29. The number of carboxylic acids is 2. The van der Waals surface area contributed by atoms with E-state index in [1.807, 2.05) is 0 Å². The fourth-order valence-corrected chi connectivity index (χ4v) is 8.58. The van der Waals surface area contributed by atoms with E-state index in [-0.39, 0.29) is 48.3 Å².